The lowest BCUT2D eigenvalue weighted by atomic mass is 9.89. The number of ketones is 1. The van der Waals surface area contributed by atoms with Crippen LogP contribution in [-0.4, -0.2) is 44.0 Å². The van der Waals surface area contributed by atoms with Gasteiger partial charge in [-0.1, -0.05) is 54.6 Å². The number of hydrogen-bond acceptors (Lipinski definition) is 5. The second-order valence-electron chi connectivity index (χ2n) is 7.28. The van der Waals surface area contributed by atoms with Crippen molar-refractivity contribution >= 4 is 5.78 Å². The number of piperidine rings is 1. The van der Waals surface area contributed by atoms with E-state index < -0.39 is 0 Å². The molecule has 0 saturated carbocycles. The Morgan fingerprint density at radius 1 is 1.04 bits per heavy atom. The van der Waals surface area contributed by atoms with Gasteiger partial charge in [0.1, 0.15) is 0 Å². The standard InChI is InChI=1S/C22H25N5O/c1-2-27-24-22(23-25-27)20-10-8-17(9-11-20)16-26-14-12-19(13-15-26)21(28)18-6-4-3-5-7-18/h3-11,19H,2,12-16H2,1H3. The molecule has 2 heterocycles. The highest BCUT2D eigenvalue weighted by atomic mass is 16.1. The lowest BCUT2D eigenvalue weighted by molar-refractivity contribution is 0.0835. The fourth-order valence-corrected chi connectivity index (χ4v) is 3.70. The average Bonchev–Trinajstić information content (AvgIpc) is 3.24. The molecule has 4 rings (SSSR count). The van der Waals surface area contributed by atoms with Crippen LogP contribution < -0.4 is 0 Å². The molecule has 0 amide bonds. The molecule has 0 radical (unpaired) electrons. The number of aromatic nitrogens is 4. The van der Waals surface area contributed by atoms with E-state index in [0.29, 0.717) is 12.4 Å². The van der Waals surface area contributed by atoms with Crippen LogP contribution in [0.2, 0.25) is 0 Å². The van der Waals surface area contributed by atoms with Crippen LogP contribution >= 0.6 is 0 Å². The Labute approximate surface area is 165 Å². The van der Waals surface area contributed by atoms with Crippen LogP contribution in [0.1, 0.15) is 35.7 Å². The Morgan fingerprint density at radius 3 is 2.39 bits per heavy atom. The third-order valence-corrected chi connectivity index (χ3v) is 5.37. The molecular formula is C22H25N5O. The van der Waals surface area contributed by atoms with Crippen molar-refractivity contribution in [1.82, 2.24) is 25.1 Å². The number of rotatable bonds is 6. The van der Waals surface area contributed by atoms with Gasteiger partial charge in [0.2, 0.25) is 5.82 Å². The Hall–Kier alpha value is -2.86. The van der Waals surface area contributed by atoms with E-state index in [4.69, 9.17) is 0 Å². The molecule has 1 aromatic heterocycles. The monoisotopic (exact) mass is 375 g/mol. The number of Topliss-reactive ketones (excluding diaryl/α,β-unsaturated/α-hetero) is 1. The summed E-state index contributed by atoms with van der Waals surface area (Å²) in [4.78, 5) is 16.6. The smallest absolute Gasteiger partial charge is 0.204 e. The summed E-state index contributed by atoms with van der Waals surface area (Å²) in [7, 11) is 0. The number of benzene rings is 2. The van der Waals surface area contributed by atoms with Crippen molar-refractivity contribution in [2.45, 2.75) is 32.9 Å². The first-order chi connectivity index (χ1) is 13.7. The fourth-order valence-electron chi connectivity index (χ4n) is 3.70. The van der Waals surface area contributed by atoms with Crippen molar-refractivity contribution in [3.63, 3.8) is 0 Å². The summed E-state index contributed by atoms with van der Waals surface area (Å²) in [5, 5.41) is 12.4. The average molecular weight is 375 g/mol. The molecule has 2 aromatic carbocycles. The molecular weight excluding hydrogens is 350 g/mol. The first-order valence-corrected chi connectivity index (χ1v) is 9.91. The molecule has 1 saturated heterocycles. The summed E-state index contributed by atoms with van der Waals surface area (Å²) in [6.45, 7) is 5.52. The third kappa shape index (κ3) is 4.17. The van der Waals surface area contributed by atoms with Gasteiger partial charge in [0.15, 0.2) is 5.78 Å². The zero-order valence-electron chi connectivity index (χ0n) is 16.2. The van der Waals surface area contributed by atoms with Crippen molar-refractivity contribution in [2.75, 3.05) is 13.1 Å². The van der Waals surface area contributed by atoms with Crippen LogP contribution in [-0.2, 0) is 13.1 Å². The van der Waals surface area contributed by atoms with Crippen LogP contribution in [0, 0.1) is 5.92 Å². The maximum Gasteiger partial charge on any atom is 0.204 e. The summed E-state index contributed by atoms with van der Waals surface area (Å²) in [6, 6.07) is 18.0. The van der Waals surface area contributed by atoms with Crippen LogP contribution in [0.5, 0.6) is 0 Å². The van der Waals surface area contributed by atoms with E-state index in [1.165, 1.54) is 5.56 Å². The highest BCUT2D eigenvalue weighted by molar-refractivity contribution is 5.97. The van der Waals surface area contributed by atoms with Gasteiger partial charge < -0.3 is 0 Å². The Bertz CT molecular complexity index is 912. The summed E-state index contributed by atoms with van der Waals surface area (Å²) in [6.07, 6.45) is 1.85. The SMILES string of the molecule is CCn1nnc(-c2ccc(CN3CCC(C(=O)c4ccccc4)CC3)cc2)n1. The topological polar surface area (TPSA) is 63.9 Å². The van der Waals surface area contributed by atoms with Gasteiger partial charge in [0, 0.05) is 23.6 Å². The second-order valence-corrected chi connectivity index (χ2v) is 7.28. The Kier molecular flexibility index (Phi) is 5.58. The molecule has 0 unspecified atom stereocenters. The summed E-state index contributed by atoms with van der Waals surface area (Å²) in [5.41, 5.74) is 3.08. The molecule has 0 aliphatic carbocycles. The molecule has 0 atom stereocenters. The van der Waals surface area contributed by atoms with E-state index in [9.17, 15) is 4.79 Å². The number of nitrogens with zero attached hydrogens (tertiary/aromatic N) is 5. The lowest BCUT2D eigenvalue weighted by Crippen LogP contribution is -2.35. The van der Waals surface area contributed by atoms with Gasteiger partial charge in [-0.05, 0) is 43.6 Å². The Morgan fingerprint density at radius 2 is 1.75 bits per heavy atom. The van der Waals surface area contributed by atoms with Crippen molar-refractivity contribution in [1.29, 1.82) is 0 Å². The largest absolute Gasteiger partial charge is 0.299 e. The molecule has 1 aliphatic heterocycles. The maximum atomic E-state index is 12.6. The van der Waals surface area contributed by atoms with Crippen molar-refractivity contribution < 1.29 is 4.79 Å². The molecule has 0 spiro atoms. The van der Waals surface area contributed by atoms with E-state index >= 15 is 0 Å². The number of tetrazole rings is 1. The van der Waals surface area contributed by atoms with Crippen molar-refractivity contribution in [3.05, 3.63) is 65.7 Å². The normalized spacial score (nSPS) is 15.6. The summed E-state index contributed by atoms with van der Waals surface area (Å²) >= 11 is 0. The molecule has 1 aliphatic rings. The molecule has 144 valence electrons. The van der Waals surface area contributed by atoms with Crippen LogP contribution in [0.3, 0.4) is 0 Å². The van der Waals surface area contributed by atoms with Gasteiger partial charge >= 0.3 is 0 Å². The van der Waals surface area contributed by atoms with E-state index in [1.54, 1.807) is 4.80 Å². The first-order valence-electron chi connectivity index (χ1n) is 9.91. The molecule has 6 heteroatoms. The number of hydrogen-bond donors (Lipinski definition) is 0. The number of likely N-dealkylation sites (tertiary alicyclic amines) is 1. The minimum atomic E-state index is 0.147. The molecule has 0 bridgehead atoms. The van der Waals surface area contributed by atoms with Gasteiger partial charge in [-0.2, -0.15) is 4.80 Å². The minimum Gasteiger partial charge on any atom is -0.299 e. The number of carbonyl (C=O) groups excluding carboxylic acids is 1. The second kappa shape index (κ2) is 8.44. The lowest BCUT2D eigenvalue weighted by Gasteiger charge is -2.31. The number of aryl methyl sites for hydroxylation is 1. The van der Waals surface area contributed by atoms with E-state index in [-0.39, 0.29) is 11.7 Å². The molecule has 6 nitrogen and oxygen atoms in total. The van der Waals surface area contributed by atoms with Gasteiger partial charge in [0.25, 0.3) is 0 Å². The molecule has 3 aromatic rings. The van der Waals surface area contributed by atoms with Gasteiger partial charge in [-0.15, -0.1) is 10.2 Å². The minimum absolute atomic E-state index is 0.147. The van der Waals surface area contributed by atoms with Crippen LogP contribution in [0.4, 0.5) is 0 Å². The highest BCUT2D eigenvalue weighted by Crippen LogP contribution is 2.23. The number of carbonyl (C=O) groups is 1. The van der Waals surface area contributed by atoms with E-state index in [2.05, 4.69) is 44.6 Å². The third-order valence-electron chi connectivity index (χ3n) is 5.37. The van der Waals surface area contributed by atoms with Gasteiger partial charge in [-0.3, -0.25) is 9.69 Å². The van der Waals surface area contributed by atoms with Gasteiger partial charge in [-0.25, -0.2) is 0 Å². The first kappa shape index (κ1) is 18.5. The predicted molar refractivity (Wildman–Crippen MR) is 108 cm³/mol. The predicted octanol–water partition coefficient (Wildman–Crippen LogP) is 3.45. The molecule has 1 fully saturated rings. The highest BCUT2D eigenvalue weighted by Gasteiger charge is 2.25. The summed E-state index contributed by atoms with van der Waals surface area (Å²) in [5.74, 6) is 1.10. The molecule has 0 N–H and O–H groups in total. The van der Waals surface area contributed by atoms with E-state index in [1.807, 2.05) is 37.3 Å². The van der Waals surface area contributed by atoms with Gasteiger partial charge in [0.05, 0.1) is 6.54 Å². The van der Waals surface area contributed by atoms with Crippen LogP contribution in [0.25, 0.3) is 11.4 Å². The quantitative estimate of drug-likeness (QED) is 0.618. The summed E-state index contributed by atoms with van der Waals surface area (Å²) < 4.78 is 0. The zero-order chi connectivity index (χ0) is 19.3. The zero-order valence-corrected chi connectivity index (χ0v) is 16.2. The molecule has 28 heavy (non-hydrogen) atoms. The van der Waals surface area contributed by atoms with E-state index in [0.717, 1.165) is 43.6 Å². The fraction of sp³-hybridized carbons (Fsp3) is 0.364. The van der Waals surface area contributed by atoms with Crippen molar-refractivity contribution in [2.24, 2.45) is 5.92 Å². The maximum absolute atomic E-state index is 12.6. The van der Waals surface area contributed by atoms with Crippen LogP contribution in [0.15, 0.2) is 54.6 Å². The Balaban J connectivity index is 1.31. The van der Waals surface area contributed by atoms with Crippen molar-refractivity contribution in [3.8, 4) is 11.4 Å².